The van der Waals surface area contributed by atoms with Crippen molar-refractivity contribution in [2.75, 3.05) is 0 Å². The van der Waals surface area contributed by atoms with E-state index in [1.54, 1.807) is 0 Å². The smallest absolute Gasteiger partial charge is 0.417 e. The van der Waals surface area contributed by atoms with Gasteiger partial charge in [-0.05, 0) is 6.07 Å². The number of hydrogen-bond donors (Lipinski definition) is 0. The van der Waals surface area contributed by atoms with Gasteiger partial charge in [-0.15, -0.1) is 0 Å². The van der Waals surface area contributed by atoms with Gasteiger partial charge in [0.05, 0.1) is 0 Å². The largest absolute Gasteiger partial charge is 0.444 e. The summed E-state index contributed by atoms with van der Waals surface area (Å²) in [4.78, 5) is 4.11. The Morgan fingerprint density at radius 3 is 2.76 bits per heavy atom. The molecule has 0 aliphatic heterocycles. The molecule has 0 unspecified atom stereocenters. The quantitative estimate of drug-likeness (QED) is 0.837. The molecule has 0 radical (unpaired) electrons. The minimum absolute atomic E-state index is 0.175. The maximum absolute atomic E-state index is 6.00. The summed E-state index contributed by atoms with van der Waals surface area (Å²) in [5, 5.41) is 4.47. The van der Waals surface area contributed by atoms with E-state index in [2.05, 4.69) is 10.1 Å². The van der Waals surface area contributed by atoms with Crippen molar-refractivity contribution in [1.82, 2.24) is 10.1 Å². The van der Waals surface area contributed by atoms with Crippen molar-refractivity contribution in [3.05, 3.63) is 40.7 Å². The molecule has 90 valence electrons. The first-order chi connectivity index (χ1) is 8.16. The summed E-state index contributed by atoms with van der Waals surface area (Å²) in [6.07, 6.45) is 0.175. The van der Waals surface area contributed by atoms with Crippen molar-refractivity contribution in [2.45, 2.75) is 26.4 Å². The molecule has 17 heavy (non-hydrogen) atoms. The first kappa shape index (κ1) is 11.9. The summed E-state index contributed by atoms with van der Waals surface area (Å²) in [6.45, 7) is 4.30. The van der Waals surface area contributed by atoms with Crippen molar-refractivity contribution < 1.29 is 9.26 Å². The van der Waals surface area contributed by atoms with E-state index in [1.165, 1.54) is 0 Å². The molecule has 2 aromatic rings. The second-order valence-corrected chi connectivity index (χ2v) is 4.36. The highest BCUT2D eigenvalue weighted by Crippen LogP contribution is 2.18. The Morgan fingerprint density at radius 2 is 2.12 bits per heavy atom. The molecule has 4 nitrogen and oxygen atoms in total. The second-order valence-electron chi connectivity index (χ2n) is 3.95. The third-order valence-corrected chi connectivity index (χ3v) is 2.62. The van der Waals surface area contributed by atoms with E-state index in [9.17, 15) is 0 Å². The van der Waals surface area contributed by atoms with Gasteiger partial charge < -0.3 is 4.74 Å². The van der Waals surface area contributed by atoms with Gasteiger partial charge in [0.15, 0.2) is 5.82 Å². The highest BCUT2D eigenvalue weighted by Gasteiger charge is 2.10. The van der Waals surface area contributed by atoms with Gasteiger partial charge in [-0.1, -0.05) is 48.8 Å². The van der Waals surface area contributed by atoms with E-state index in [1.807, 2.05) is 38.1 Å². The van der Waals surface area contributed by atoms with Crippen molar-refractivity contribution in [1.29, 1.82) is 0 Å². The summed E-state index contributed by atoms with van der Waals surface area (Å²) < 4.78 is 10.3. The number of benzene rings is 1. The van der Waals surface area contributed by atoms with Gasteiger partial charge in [0.1, 0.15) is 6.61 Å². The molecular weight excluding hydrogens is 240 g/mol. The van der Waals surface area contributed by atoms with Gasteiger partial charge in [0, 0.05) is 16.5 Å². The van der Waals surface area contributed by atoms with Gasteiger partial charge in [0.25, 0.3) is 0 Å². The SMILES string of the molecule is CC(C)c1noc(OCc2ccccc2Cl)n1. The topological polar surface area (TPSA) is 48.2 Å². The zero-order valence-corrected chi connectivity index (χ0v) is 10.4. The van der Waals surface area contributed by atoms with Crippen LogP contribution in [0.3, 0.4) is 0 Å². The molecule has 1 aromatic carbocycles. The summed E-state index contributed by atoms with van der Waals surface area (Å²) in [7, 11) is 0. The summed E-state index contributed by atoms with van der Waals surface area (Å²) in [6, 6.07) is 7.48. The maximum Gasteiger partial charge on any atom is 0.417 e. The predicted molar refractivity (Wildman–Crippen MR) is 64.2 cm³/mol. The minimum atomic E-state index is 0.175. The van der Waals surface area contributed by atoms with Crippen LogP contribution < -0.4 is 4.74 Å². The number of hydrogen-bond acceptors (Lipinski definition) is 4. The molecule has 0 aliphatic rings. The number of halogens is 1. The van der Waals surface area contributed by atoms with Crippen LogP contribution in [-0.2, 0) is 6.61 Å². The minimum Gasteiger partial charge on any atom is -0.444 e. The Hall–Kier alpha value is -1.55. The predicted octanol–water partition coefficient (Wildman–Crippen LogP) is 3.43. The van der Waals surface area contributed by atoms with Crippen LogP contribution in [0, 0.1) is 0 Å². The van der Waals surface area contributed by atoms with E-state index in [-0.39, 0.29) is 12.0 Å². The molecule has 0 bridgehead atoms. The zero-order valence-electron chi connectivity index (χ0n) is 9.68. The van der Waals surface area contributed by atoms with Crippen LogP contribution in [-0.4, -0.2) is 10.1 Å². The molecule has 0 saturated carbocycles. The van der Waals surface area contributed by atoms with Crippen molar-refractivity contribution in [3.63, 3.8) is 0 Å². The molecule has 0 saturated heterocycles. The molecule has 0 amide bonds. The fourth-order valence-corrected chi connectivity index (χ4v) is 1.46. The highest BCUT2D eigenvalue weighted by atomic mass is 35.5. The molecule has 0 aliphatic carbocycles. The van der Waals surface area contributed by atoms with E-state index in [4.69, 9.17) is 20.9 Å². The van der Waals surface area contributed by atoms with E-state index < -0.39 is 0 Å². The molecular formula is C12H13ClN2O2. The average Bonchev–Trinajstić information content (AvgIpc) is 2.77. The van der Waals surface area contributed by atoms with Crippen LogP contribution >= 0.6 is 11.6 Å². The summed E-state index contributed by atoms with van der Waals surface area (Å²) in [5.41, 5.74) is 0.887. The average molecular weight is 253 g/mol. The Labute approximate surface area is 105 Å². The van der Waals surface area contributed by atoms with E-state index >= 15 is 0 Å². The number of nitrogens with zero attached hydrogens (tertiary/aromatic N) is 2. The van der Waals surface area contributed by atoms with Crippen LogP contribution in [0.25, 0.3) is 0 Å². The number of rotatable bonds is 4. The van der Waals surface area contributed by atoms with Gasteiger partial charge in [0.2, 0.25) is 0 Å². The highest BCUT2D eigenvalue weighted by molar-refractivity contribution is 6.31. The molecule has 0 spiro atoms. The Morgan fingerprint density at radius 1 is 1.35 bits per heavy atom. The molecule has 0 atom stereocenters. The Kier molecular flexibility index (Phi) is 3.64. The maximum atomic E-state index is 6.00. The van der Waals surface area contributed by atoms with Crippen LogP contribution in [0.2, 0.25) is 5.02 Å². The van der Waals surface area contributed by atoms with Gasteiger partial charge >= 0.3 is 6.08 Å². The van der Waals surface area contributed by atoms with Crippen molar-refractivity contribution in [3.8, 4) is 6.08 Å². The van der Waals surface area contributed by atoms with Gasteiger partial charge in [-0.25, -0.2) is 0 Å². The molecule has 1 heterocycles. The molecule has 2 rings (SSSR count). The van der Waals surface area contributed by atoms with Gasteiger partial charge in [-0.2, -0.15) is 4.98 Å². The molecule has 5 heteroatoms. The number of ether oxygens (including phenoxy) is 1. The zero-order chi connectivity index (χ0) is 12.3. The normalized spacial score (nSPS) is 10.8. The van der Waals surface area contributed by atoms with Crippen LogP contribution in [0.1, 0.15) is 31.2 Å². The van der Waals surface area contributed by atoms with Crippen LogP contribution in [0.4, 0.5) is 0 Å². The molecule has 1 aromatic heterocycles. The lowest BCUT2D eigenvalue weighted by Gasteiger charge is -2.02. The third kappa shape index (κ3) is 2.97. The first-order valence-electron chi connectivity index (χ1n) is 5.36. The fraction of sp³-hybridized carbons (Fsp3) is 0.333. The van der Waals surface area contributed by atoms with Gasteiger partial charge in [-0.3, -0.25) is 4.52 Å². The molecule has 0 fully saturated rings. The lowest BCUT2D eigenvalue weighted by Crippen LogP contribution is -1.96. The monoisotopic (exact) mass is 252 g/mol. The fourth-order valence-electron chi connectivity index (χ4n) is 1.27. The van der Waals surface area contributed by atoms with Crippen molar-refractivity contribution in [2.24, 2.45) is 0 Å². The Balaban J connectivity index is 2.00. The van der Waals surface area contributed by atoms with Crippen molar-refractivity contribution >= 4 is 11.6 Å². The molecule has 0 N–H and O–H groups in total. The second kappa shape index (κ2) is 5.19. The lowest BCUT2D eigenvalue weighted by atomic mass is 10.2. The number of aromatic nitrogens is 2. The van der Waals surface area contributed by atoms with E-state index in [0.29, 0.717) is 17.5 Å². The third-order valence-electron chi connectivity index (χ3n) is 2.25. The first-order valence-corrected chi connectivity index (χ1v) is 5.74. The lowest BCUT2D eigenvalue weighted by molar-refractivity contribution is 0.195. The van der Waals surface area contributed by atoms with E-state index in [0.717, 1.165) is 5.56 Å². The summed E-state index contributed by atoms with van der Waals surface area (Å²) in [5.74, 6) is 0.857. The standard InChI is InChI=1S/C12H13ClN2O2/c1-8(2)11-14-12(17-15-11)16-7-9-5-3-4-6-10(9)13/h3-6,8H,7H2,1-2H3. The summed E-state index contributed by atoms with van der Waals surface area (Å²) >= 11 is 6.00. The van der Waals surface area contributed by atoms with Crippen LogP contribution in [0.5, 0.6) is 6.08 Å². The van der Waals surface area contributed by atoms with Crippen LogP contribution in [0.15, 0.2) is 28.8 Å². The Bertz CT molecular complexity index is 497.